The Hall–Kier alpha value is -1.27. The number of hydrogen-bond donors (Lipinski definition) is 2. The lowest BCUT2D eigenvalue weighted by molar-refractivity contribution is 0.118. The van der Waals surface area contributed by atoms with E-state index in [4.69, 9.17) is 9.84 Å². The maximum absolute atomic E-state index is 12.3. The molecule has 0 aliphatic rings. The standard InChI is InChI=1S/C21H40N2O4/c1-6-22-17-18(25)23(19(22)26)21(4,5)12-8-10-16-27-15-9-7-11-20(2,3)13-14-24/h17,24-25H,6-16H2,1-5H3. The van der Waals surface area contributed by atoms with Crippen LogP contribution in [0, 0.1) is 5.41 Å². The lowest BCUT2D eigenvalue weighted by atomic mass is 9.84. The maximum Gasteiger partial charge on any atom is 0.331 e. The van der Waals surface area contributed by atoms with E-state index in [-0.39, 0.29) is 23.6 Å². The molecule has 0 aliphatic carbocycles. The monoisotopic (exact) mass is 384 g/mol. The topological polar surface area (TPSA) is 76.6 Å². The first-order valence-electron chi connectivity index (χ1n) is 10.3. The molecule has 1 aromatic rings. The minimum absolute atomic E-state index is 0.0345. The second-order valence-electron chi connectivity index (χ2n) is 8.87. The van der Waals surface area contributed by atoms with E-state index < -0.39 is 5.54 Å². The summed E-state index contributed by atoms with van der Waals surface area (Å²) in [6, 6.07) is 0. The van der Waals surface area contributed by atoms with Gasteiger partial charge in [-0.3, -0.25) is 9.13 Å². The van der Waals surface area contributed by atoms with Crippen molar-refractivity contribution >= 4 is 0 Å². The van der Waals surface area contributed by atoms with E-state index in [1.54, 1.807) is 0 Å². The van der Waals surface area contributed by atoms with E-state index >= 15 is 0 Å². The summed E-state index contributed by atoms with van der Waals surface area (Å²) in [6.45, 7) is 12.6. The Morgan fingerprint density at radius 3 is 2.11 bits per heavy atom. The third-order valence-corrected chi connectivity index (χ3v) is 5.39. The number of aryl methyl sites for hydroxylation is 1. The number of aliphatic hydroxyl groups is 1. The molecule has 6 nitrogen and oxygen atoms in total. The van der Waals surface area contributed by atoms with Crippen LogP contribution < -0.4 is 5.69 Å². The van der Waals surface area contributed by atoms with Crippen molar-refractivity contribution < 1.29 is 14.9 Å². The molecule has 0 saturated carbocycles. The number of unbranched alkanes of at least 4 members (excludes halogenated alkanes) is 2. The van der Waals surface area contributed by atoms with Crippen molar-refractivity contribution in [3.8, 4) is 5.88 Å². The molecule has 0 saturated heterocycles. The lowest BCUT2D eigenvalue weighted by Crippen LogP contribution is -2.36. The third kappa shape index (κ3) is 7.70. The van der Waals surface area contributed by atoms with Crippen molar-refractivity contribution in [3.05, 3.63) is 16.7 Å². The van der Waals surface area contributed by atoms with E-state index in [0.717, 1.165) is 58.2 Å². The quantitative estimate of drug-likeness (QED) is 0.477. The van der Waals surface area contributed by atoms with Gasteiger partial charge in [0.05, 0.1) is 6.20 Å². The summed E-state index contributed by atoms with van der Waals surface area (Å²) in [7, 11) is 0. The van der Waals surface area contributed by atoms with E-state index in [0.29, 0.717) is 6.54 Å². The number of aliphatic hydroxyl groups excluding tert-OH is 1. The molecule has 6 heteroatoms. The van der Waals surface area contributed by atoms with Crippen molar-refractivity contribution in [2.24, 2.45) is 5.41 Å². The van der Waals surface area contributed by atoms with Crippen LogP contribution in [0.5, 0.6) is 5.88 Å². The minimum Gasteiger partial charge on any atom is -0.493 e. The molecular formula is C21H40N2O4. The summed E-state index contributed by atoms with van der Waals surface area (Å²) in [5.74, 6) is 0.0345. The van der Waals surface area contributed by atoms with Crippen LogP contribution in [-0.2, 0) is 16.8 Å². The summed E-state index contributed by atoms with van der Waals surface area (Å²) in [6.07, 6.45) is 8.35. The highest BCUT2D eigenvalue weighted by Gasteiger charge is 2.26. The van der Waals surface area contributed by atoms with Crippen molar-refractivity contribution in [1.29, 1.82) is 0 Å². The van der Waals surface area contributed by atoms with Crippen LogP contribution in [0.1, 0.15) is 79.6 Å². The Labute approximate surface area is 164 Å². The van der Waals surface area contributed by atoms with Crippen molar-refractivity contribution in [2.45, 2.75) is 91.6 Å². The smallest absolute Gasteiger partial charge is 0.331 e. The van der Waals surface area contributed by atoms with Crippen LogP contribution in [-0.4, -0.2) is 39.2 Å². The largest absolute Gasteiger partial charge is 0.493 e. The van der Waals surface area contributed by atoms with Crippen LogP contribution in [0.25, 0.3) is 0 Å². The van der Waals surface area contributed by atoms with Gasteiger partial charge in [-0.1, -0.05) is 20.3 Å². The minimum atomic E-state index is -0.417. The molecule has 2 N–H and O–H groups in total. The van der Waals surface area contributed by atoms with Crippen LogP contribution >= 0.6 is 0 Å². The normalized spacial score (nSPS) is 12.7. The van der Waals surface area contributed by atoms with Crippen molar-refractivity contribution in [1.82, 2.24) is 9.13 Å². The Morgan fingerprint density at radius 2 is 1.59 bits per heavy atom. The zero-order valence-corrected chi connectivity index (χ0v) is 18.0. The van der Waals surface area contributed by atoms with Gasteiger partial charge in [0, 0.05) is 31.9 Å². The van der Waals surface area contributed by atoms with Gasteiger partial charge in [-0.2, -0.15) is 0 Å². The molecular weight excluding hydrogens is 344 g/mol. The average molecular weight is 385 g/mol. The van der Waals surface area contributed by atoms with Crippen LogP contribution in [0.3, 0.4) is 0 Å². The first-order valence-corrected chi connectivity index (χ1v) is 10.3. The van der Waals surface area contributed by atoms with Gasteiger partial charge in [-0.15, -0.1) is 0 Å². The molecule has 0 unspecified atom stereocenters. The second kappa shape index (κ2) is 10.9. The summed E-state index contributed by atoms with van der Waals surface area (Å²) in [5, 5.41) is 19.1. The van der Waals surface area contributed by atoms with E-state index in [2.05, 4.69) is 13.8 Å². The van der Waals surface area contributed by atoms with Crippen molar-refractivity contribution in [2.75, 3.05) is 19.8 Å². The molecule has 1 aromatic heterocycles. The molecule has 0 aromatic carbocycles. The summed E-state index contributed by atoms with van der Waals surface area (Å²) < 4.78 is 8.75. The van der Waals surface area contributed by atoms with Crippen LogP contribution in [0.15, 0.2) is 11.0 Å². The molecule has 158 valence electrons. The number of ether oxygens (including phenoxy) is 1. The van der Waals surface area contributed by atoms with Gasteiger partial charge < -0.3 is 14.9 Å². The first-order chi connectivity index (χ1) is 12.6. The lowest BCUT2D eigenvalue weighted by Gasteiger charge is -2.26. The van der Waals surface area contributed by atoms with Crippen LogP contribution in [0.4, 0.5) is 0 Å². The highest BCUT2D eigenvalue weighted by Crippen LogP contribution is 2.27. The van der Waals surface area contributed by atoms with E-state index in [1.807, 2.05) is 20.8 Å². The molecule has 0 fully saturated rings. The highest BCUT2D eigenvalue weighted by atomic mass is 16.5. The first kappa shape index (κ1) is 23.8. The summed E-state index contributed by atoms with van der Waals surface area (Å²) in [5.41, 5.74) is -0.360. The van der Waals surface area contributed by atoms with Gasteiger partial charge in [0.25, 0.3) is 0 Å². The molecule has 27 heavy (non-hydrogen) atoms. The zero-order chi connectivity index (χ0) is 20.5. The molecule has 0 spiro atoms. The molecule has 0 atom stereocenters. The predicted molar refractivity (Wildman–Crippen MR) is 109 cm³/mol. The number of imidazole rings is 1. The SMILES string of the molecule is CCn1cc(O)n(C(C)(C)CCCCOCCCCC(C)(C)CCO)c1=O. The number of rotatable bonds is 14. The molecule has 0 amide bonds. The van der Waals surface area contributed by atoms with Gasteiger partial charge in [0.1, 0.15) is 0 Å². The molecule has 0 aliphatic heterocycles. The zero-order valence-electron chi connectivity index (χ0n) is 18.0. The Kier molecular flexibility index (Phi) is 9.60. The number of aromatic nitrogens is 2. The second-order valence-corrected chi connectivity index (χ2v) is 8.87. The number of nitrogens with zero attached hydrogens (tertiary/aromatic N) is 2. The highest BCUT2D eigenvalue weighted by molar-refractivity contribution is 5.09. The van der Waals surface area contributed by atoms with Gasteiger partial charge in [-0.05, 0) is 64.7 Å². The third-order valence-electron chi connectivity index (χ3n) is 5.39. The van der Waals surface area contributed by atoms with Crippen molar-refractivity contribution in [3.63, 3.8) is 0 Å². The van der Waals surface area contributed by atoms with Gasteiger partial charge in [0.15, 0.2) is 0 Å². The fourth-order valence-corrected chi connectivity index (χ4v) is 3.49. The Balaban J connectivity index is 2.23. The van der Waals surface area contributed by atoms with Gasteiger partial charge in [-0.25, -0.2) is 4.79 Å². The van der Waals surface area contributed by atoms with Gasteiger partial charge >= 0.3 is 5.69 Å². The average Bonchev–Trinajstić information content (AvgIpc) is 2.87. The number of hydrogen-bond acceptors (Lipinski definition) is 4. The van der Waals surface area contributed by atoms with E-state index in [1.165, 1.54) is 15.3 Å². The Morgan fingerprint density at radius 1 is 1.00 bits per heavy atom. The maximum atomic E-state index is 12.3. The summed E-state index contributed by atoms with van der Waals surface area (Å²) in [4.78, 5) is 12.3. The fraction of sp³-hybridized carbons (Fsp3) is 0.857. The predicted octanol–water partition coefficient (Wildman–Crippen LogP) is 3.88. The van der Waals surface area contributed by atoms with E-state index in [9.17, 15) is 9.90 Å². The fourth-order valence-electron chi connectivity index (χ4n) is 3.49. The molecule has 1 heterocycles. The Bertz CT molecular complexity index is 602. The van der Waals surface area contributed by atoms with Crippen LogP contribution in [0.2, 0.25) is 0 Å². The molecule has 1 rings (SSSR count). The molecule has 0 radical (unpaired) electrons. The number of aromatic hydroxyl groups is 1. The molecule has 0 bridgehead atoms. The van der Waals surface area contributed by atoms with Gasteiger partial charge in [0.2, 0.25) is 5.88 Å². The summed E-state index contributed by atoms with van der Waals surface area (Å²) >= 11 is 0.